The van der Waals surface area contributed by atoms with E-state index in [1.807, 2.05) is 0 Å². The number of carbonyl (C=O) groups is 3. The molecule has 0 atom stereocenters. The minimum absolute atomic E-state index is 0. The van der Waals surface area contributed by atoms with Gasteiger partial charge in [0.1, 0.15) is 0 Å². The molecule has 0 aromatic carbocycles. The third kappa shape index (κ3) is 16.4. The standard InChI is InChI=1S/C10H17NO6.C6H13N.H3N.Pt/c12-8(11-17)6-4-2-1-3-5-7(9(13)14)10(15)16;7-6-4-2-1-3-5-6;;/h7,17H,1-6H2,(H,11,12)(H,13,14)(H,15,16);6H,1-5,7H2;1H3;/q;;;+2/p-2. The Morgan fingerprint density at radius 3 is 1.88 bits per heavy atom. The van der Waals surface area contributed by atoms with Gasteiger partial charge in [0.05, 0.1) is 11.9 Å². The van der Waals surface area contributed by atoms with Crippen molar-refractivity contribution in [2.75, 3.05) is 0 Å². The Morgan fingerprint density at radius 1 is 1.00 bits per heavy atom. The Morgan fingerprint density at radius 2 is 1.50 bits per heavy atom. The minimum Gasteiger partial charge on any atom is -0.549 e. The maximum absolute atomic E-state index is 10.6. The number of hydrogen-bond donors (Lipinski definition) is 4. The summed E-state index contributed by atoms with van der Waals surface area (Å²) in [5.41, 5.74) is 7.13. The first kappa shape index (κ1) is 29.7. The van der Waals surface area contributed by atoms with E-state index in [1.165, 1.54) is 37.6 Å². The largest absolute Gasteiger partial charge is 2.00 e. The molecule has 0 saturated heterocycles. The average molecular weight is 557 g/mol. The third-order valence-electron chi connectivity index (χ3n) is 3.99. The number of aliphatic carboxylic acids is 2. The van der Waals surface area contributed by atoms with Crippen LogP contribution in [0.5, 0.6) is 0 Å². The molecule has 1 saturated carbocycles. The molecule has 26 heavy (non-hydrogen) atoms. The number of amides is 1. The van der Waals surface area contributed by atoms with Crippen molar-refractivity contribution in [3.8, 4) is 0 Å². The summed E-state index contributed by atoms with van der Waals surface area (Å²) < 4.78 is 0. The third-order valence-corrected chi connectivity index (χ3v) is 3.99. The van der Waals surface area contributed by atoms with E-state index in [2.05, 4.69) is 0 Å². The zero-order valence-electron chi connectivity index (χ0n) is 15.0. The number of rotatable bonds is 9. The number of carboxylic acids is 2. The number of hydroxylamine groups is 1. The van der Waals surface area contributed by atoms with Crippen LogP contribution in [0.1, 0.15) is 70.6 Å². The summed E-state index contributed by atoms with van der Waals surface area (Å²) >= 11 is 0. The van der Waals surface area contributed by atoms with E-state index in [4.69, 9.17) is 10.9 Å². The van der Waals surface area contributed by atoms with Crippen molar-refractivity contribution in [1.82, 2.24) is 11.6 Å². The summed E-state index contributed by atoms with van der Waals surface area (Å²) in [6.45, 7) is 0. The fourth-order valence-electron chi connectivity index (χ4n) is 2.51. The number of nitrogens with one attached hydrogen (secondary N) is 1. The Kier molecular flexibility index (Phi) is 21.5. The Labute approximate surface area is 168 Å². The molecule has 0 spiro atoms. The maximum Gasteiger partial charge on any atom is 2.00 e. The summed E-state index contributed by atoms with van der Waals surface area (Å²) in [4.78, 5) is 31.4. The quantitative estimate of drug-likeness (QED) is 0.125. The SMILES string of the molecule is N.NC1CCCCC1.O=C(CCCCCCC(C(=O)[O-])C(=O)[O-])NO.[Pt+2]. The van der Waals surface area contributed by atoms with Gasteiger partial charge in [-0.15, -0.1) is 0 Å². The number of carboxylic acid groups (broad SMARTS) is 2. The molecule has 9 nitrogen and oxygen atoms in total. The minimum atomic E-state index is -1.63. The predicted molar refractivity (Wildman–Crippen MR) is 87.2 cm³/mol. The van der Waals surface area contributed by atoms with Crippen molar-refractivity contribution in [3.05, 3.63) is 0 Å². The normalized spacial score (nSPS) is 13.5. The number of carbonyl (C=O) groups excluding carboxylic acids is 3. The summed E-state index contributed by atoms with van der Waals surface area (Å²) in [6, 6.07) is 0.536. The van der Waals surface area contributed by atoms with Crippen molar-refractivity contribution in [2.24, 2.45) is 11.7 Å². The zero-order valence-corrected chi connectivity index (χ0v) is 17.3. The predicted octanol–water partition coefficient (Wildman–Crippen LogP) is -0.614. The van der Waals surface area contributed by atoms with Crippen LogP contribution < -0.4 is 27.6 Å². The Hall–Kier alpha value is -1.02. The molecule has 0 heterocycles. The van der Waals surface area contributed by atoms with Gasteiger partial charge in [0.25, 0.3) is 0 Å². The molecule has 1 aliphatic rings. The molecule has 1 amide bonds. The first-order valence-electron chi connectivity index (χ1n) is 8.48. The van der Waals surface area contributed by atoms with Crippen LogP contribution >= 0.6 is 0 Å². The molecule has 0 aromatic rings. The smallest absolute Gasteiger partial charge is 0.549 e. The van der Waals surface area contributed by atoms with E-state index in [0.717, 1.165) is 0 Å². The van der Waals surface area contributed by atoms with Crippen LogP contribution in [0.2, 0.25) is 0 Å². The van der Waals surface area contributed by atoms with Crippen molar-refractivity contribution in [1.29, 1.82) is 0 Å². The molecule has 10 heteroatoms. The van der Waals surface area contributed by atoms with Gasteiger partial charge in [0, 0.05) is 18.4 Å². The number of unbranched alkanes of at least 4 members (excludes halogenated alkanes) is 3. The van der Waals surface area contributed by atoms with Crippen LogP contribution in [0.3, 0.4) is 0 Å². The summed E-state index contributed by atoms with van der Waals surface area (Å²) in [5.74, 6) is -5.32. The molecule has 0 bridgehead atoms. The zero-order chi connectivity index (χ0) is 18.4. The Balaban J connectivity index is -0.000000494. The van der Waals surface area contributed by atoms with Crippen LogP contribution in [-0.2, 0) is 35.4 Å². The van der Waals surface area contributed by atoms with Gasteiger partial charge in [-0.3, -0.25) is 10.0 Å². The maximum atomic E-state index is 10.6. The molecule has 1 aliphatic carbocycles. The van der Waals surface area contributed by atoms with Gasteiger partial charge in [0.15, 0.2) is 0 Å². The van der Waals surface area contributed by atoms with Crippen LogP contribution in [-0.4, -0.2) is 29.1 Å². The molecule has 156 valence electrons. The molecule has 7 N–H and O–H groups in total. The number of hydrogen-bond acceptors (Lipinski definition) is 8. The van der Waals surface area contributed by atoms with Gasteiger partial charge in [-0.2, -0.15) is 0 Å². The van der Waals surface area contributed by atoms with Crippen molar-refractivity contribution >= 4 is 17.8 Å². The van der Waals surface area contributed by atoms with Crippen molar-refractivity contribution < 1.29 is 50.9 Å². The van der Waals surface area contributed by atoms with Crippen molar-refractivity contribution in [3.63, 3.8) is 0 Å². The molecule has 0 aromatic heterocycles. The molecular formula is C16H31N3O6Pt. The summed E-state index contributed by atoms with van der Waals surface area (Å²) in [7, 11) is 0. The van der Waals surface area contributed by atoms with Gasteiger partial charge >= 0.3 is 21.1 Å². The second kappa shape index (κ2) is 18.8. The van der Waals surface area contributed by atoms with E-state index < -0.39 is 23.8 Å². The first-order valence-corrected chi connectivity index (χ1v) is 8.48. The van der Waals surface area contributed by atoms with Gasteiger partial charge in [-0.05, 0) is 25.7 Å². The fourth-order valence-corrected chi connectivity index (χ4v) is 2.51. The van der Waals surface area contributed by atoms with Crippen LogP contribution in [0.25, 0.3) is 0 Å². The fraction of sp³-hybridized carbons (Fsp3) is 0.812. The second-order valence-corrected chi connectivity index (χ2v) is 6.08. The first-order chi connectivity index (χ1) is 11.4. The van der Waals surface area contributed by atoms with Crippen LogP contribution in [0.4, 0.5) is 0 Å². The monoisotopic (exact) mass is 556 g/mol. The molecule has 0 radical (unpaired) electrons. The van der Waals surface area contributed by atoms with Crippen molar-refractivity contribution in [2.45, 2.75) is 76.7 Å². The van der Waals surface area contributed by atoms with E-state index in [0.29, 0.717) is 31.7 Å². The van der Waals surface area contributed by atoms with E-state index >= 15 is 0 Å². The Bertz CT molecular complexity index is 378. The van der Waals surface area contributed by atoms with Gasteiger partial charge in [0.2, 0.25) is 5.91 Å². The molecule has 1 fully saturated rings. The van der Waals surface area contributed by atoms with E-state index in [-0.39, 0.29) is 40.1 Å². The molecule has 1 rings (SSSR count). The van der Waals surface area contributed by atoms with E-state index in [1.54, 1.807) is 0 Å². The summed E-state index contributed by atoms with van der Waals surface area (Å²) in [6.07, 6.45) is 9.03. The number of nitrogens with two attached hydrogens (primary N) is 1. The summed E-state index contributed by atoms with van der Waals surface area (Å²) in [5, 5.41) is 28.9. The topological polar surface area (TPSA) is 191 Å². The van der Waals surface area contributed by atoms with Gasteiger partial charge in [-0.1, -0.05) is 38.5 Å². The molecule has 0 aliphatic heterocycles. The average Bonchev–Trinajstić information content (AvgIpc) is 2.54. The van der Waals surface area contributed by atoms with Gasteiger partial charge in [-0.25, -0.2) is 5.48 Å². The molecular weight excluding hydrogens is 525 g/mol. The second-order valence-electron chi connectivity index (χ2n) is 6.08. The van der Waals surface area contributed by atoms with Crippen LogP contribution in [0, 0.1) is 5.92 Å². The molecule has 0 unspecified atom stereocenters. The van der Waals surface area contributed by atoms with Crippen LogP contribution in [0.15, 0.2) is 0 Å². The van der Waals surface area contributed by atoms with Gasteiger partial charge < -0.3 is 31.7 Å². The van der Waals surface area contributed by atoms with E-state index in [9.17, 15) is 24.6 Å².